The van der Waals surface area contributed by atoms with Gasteiger partial charge in [0.1, 0.15) is 5.65 Å². The fraction of sp³-hybridized carbons (Fsp3) is 0.455. The molecule has 0 aliphatic carbocycles. The van der Waals surface area contributed by atoms with Crippen LogP contribution >= 0.6 is 11.6 Å². The summed E-state index contributed by atoms with van der Waals surface area (Å²) in [6.07, 6.45) is 6.31. The van der Waals surface area contributed by atoms with Gasteiger partial charge in [-0.05, 0) is 45.6 Å². The van der Waals surface area contributed by atoms with Gasteiger partial charge < -0.3 is 20.5 Å². The van der Waals surface area contributed by atoms with E-state index in [-0.39, 0.29) is 23.3 Å². The van der Waals surface area contributed by atoms with E-state index in [1.54, 1.807) is 18.5 Å². The van der Waals surface area contributed by atoms with Gasteiger partial charge in [-0.1, -0.05) is 11.6 Å². The van der Waals surface area contributed by atoms with E-state index < -0.39 is 5.82 Å². The third kappa shape index (κ3) is 5.09. The van der Waals surface area contributed by atoms with Gasteiger partial charge >= 0.3 is 6.03 Å². The zero-order chi connectivity index (χ0) is 22.9. The van der Waals surface area contributed by atoms with Crippen molar-refractivity contribution in [2.75, 3.05) is 25.0 Å². The number of rotatable bonds is 4. The first-order valence-electron chi connectivity index (χ1n) is 10.7. The molecule has 3 aromatic heterocycles. The highest BCUT2D eigenvalue weighted by atomic mass is 35.5. The number of carbonyl (C=O) groups is 1. The van der Waals surface area contributed by atoms with Crippen LogP contribution in [0.3, 0.4) is 0 Å². The number of aromatic nitrogens is 4. The van der Waals surface area contributed by atoms with Gasteiger partial charge in [-0.25, -0.2) is 24.1 Å². The van der Waals surface area contributed by atoms with Crippen LogP contribution in [0.4, 0.5) is 15.0 Å². The summed E-state index contributed by atoms with van der Waals surface area (Å²) in [5, 5.41) is 7.38. The number of piperidine rings is 1. The maximum atomic E-state index is 14.4. The lowest BCUT2D eigenvalue weighted by atomic mass is 9.98. The summed E-state index contributed by atoms with van der Waals surface area (Å²) >= 11 is 6.07. The summed E-state index contributed by atoms with van der Waals surface area (Å²) in [7, 11) is 0. The molecule has 0 unspecified atom stereocenters. The first-order chi connectivity index (χ1) is 15.2. The zero-order valence-corrected chi connectivity index (χ0v) is 19.1. The van der Waals surface area contributed by atoms with Crippen molar-refractivity contribution in [1.29, 1.82) is 0 Å². The number of carbonyl (C=O) groups excluding carboxylic acids is 1. The number of nitrogens with one attached hydrogen (secondary N) is 3. The Hall–Kier alpha value is -2.94. The number of hydrogen-bond donors (Lipinski definition) is 3. The van der Waals surface area contributed by atoms with Crippen molar-refractivity contribution in [3.63, 3.8) is 0 Å². The summed E-state index contributed by atoms with van der Waals surface area (Å²) in [4.78, 5) is 30.2. The van der Waals surface area contributed by atoms with Crippen LogP contribution in [0.25, 0.3) is 22.4 Å². The molecule has 4 heterocycles. The molecule has 0 aromatic carbocycles. The number of amides is 2. The topological polar surface area (TPSA) is 98.8 Å². The fourth-order valence-corrected chi connectivity index (χ4v) is 4.00. The number of aromatic amines is 1. The molecule has 1 atom stereocenters. The Morgan fingerprint density at radius 2 is 2.16 bits per heavy atom. The molecular formula is C22H27ClFN7O. The highest BCUT2D eigenvalue weighted by molar-refractivity contribution is 6.31. The quantitative estimate of drug-likeness (QED) is 0.535. The van der Waals surface area contributed by atoms with Crippen molar-refractivity contribution in [1.82, 2.24) is 30.2 Å². The Labute approximate surface area is 191 Å². The predicted octanol–water partition coefficient (Wildman–Crippen LogP) is 4.44. The van der Waals surface area contributed by atoms with E-state index in [0.29, 0.717) is 35.1 Å². The minimum atomic E-state index is -0.525. The minimum Gasteiger partial charge on any atom is -0.367 e. The Bertz CT molecular complexity index is 1130. The Kier molecular flexibility index (Phi) is 6.19. The highest BCUT2D eigenvalue weighted by Crippen LogP contribution is 2.28. The van der Waals surface area contributed by atoms with Crippen LogP contribution in [-0.2, 0) is 0 Å². The minimum absolute atomic E-state index is 0.0655. The van der Waals surface area contributed by atoms with Crippen LogP contribution in [0.15, 0.2) is 24.7 Å². The molecule has 1 fully saturated rings. The first-order valence-corrected chi connectivity index (χ1v) is 11.0. The molecule has 170 valence electrons. The van der Waals surface area contributed by atoms with E-state index in [1.165, 1.54) is 0 Å². The number of pyridine rings is 1. The Morgan fingerprint density at radius 1 is 1.34 bits per heavy atom. The summed E-state index contributed by atoms with van der Waals surface area (Å²) < 4.78 is 14.4. The number of likely N-dealkylation sites (tertiary alicyclic amines) is 1. The molecule has 4 rings (SSSR count). The molecule has 0 radical (unpaired) electrons. The predicted molar refractivity (Wildman–Crippen MR) is 123 cm³/mol. The number of urea groups is 1. The Balaban J connectivity index is 1.46. The molecule has 3 N–H and O–H groups in total. The number of anilines is 1. The molecule has 3 aromatic rings. The van der Waals surface area contributed by atoms with E-state index in [2.05, 4.69) is 30.6 Å². The zero-order valence-electron chi connectivity index (χ0n) is 18.4. The average Bonchev–Trinajstić information content (AvgIpc) is 3.15. The van der Waals surface area contributed by atoms with Gasteiger partial charge in [0.05, 0.1) is 11.2 Å². The Morgan fingerprint density at radius 3 is 2.94 bits per heavy atom. The standard InChI is InChI=1S/C22H27ClFN7O/c1-22(2,3)30-21(32)31-6-4-5-13(12-31)8-25-20-17(24)11-28-19(29-20)16-10-27-18-15(16)7-14(23)9-26-18/h7,9-11,13H,4-6,8,12H2,1-3H3,(H,26,27)(H,30,32)(H,25,28,29)/t13-/m0/s1. The van der Waals surface area contributed by atoms with Crippen LogP contribution in [-0.4, -0.2) is 56.0 Å². The number of nitrogens with zero attached hydrogens (tertiary/aromatic N) is 4. The third-order valence-electron chi connectivity index (χ3n) is 5.33. The van der Waals surface area contributed by atoms with Crippen LogP contribution in [0, 0.1) is 11.7 Å². The van der Waals surface area contributed by atoms with Crippen molar-refractivity contribution >= 4 is 34.5 Å². The van der Waals surface area contributed by atoms with E-state index in [9.17, 15) is 9.18 Å². The van der Waals surface area contributed by atoms with Crippen molar-refractivity contribution in [2.24, 2.45) is 5.92 Å². The van der Waals surface area contributed by atoms with Gasteiger partial charge in [0.25, 0.3) is 0 Å². The average molecular weight is 460 g/mol. The van der Waals surface area contributed by atoms with Gasteiger partial charge in [-0.3, -0.25) is 0 Å². The van der Waals surface area contributed by atoms with Gasteiger partial charge in [0.15, 0.2) is 17.5 Å². The van der Waals surface area contributed by atoms with Crippen molar-refractivity contribution in [2.45, 2.75) is 39.2 Å². The van der Waals surface area contributed by atoms with Gasteiger partial charge in [-0.15, -0.1) is 0 Å². The molecule has 10 heteroatoms. The van der Waals surface area contributed by atoms with E-state index in [1.807, 2.05) is 25.7 Å². The van der Waals surface area contributed by atoms with E-state index in [4.69, 9.17) is 11.6 Å². The summed E-state index contributed by atoms with van der Waals surface area (Å²) in [5.74, 6) is 0.181. The van der Waals surface area contributed by atoms with Crippen molar-refractivity contribution < 1.29 is 9.18 Å². The number of fused-ring (bicyclic) bond motifs is 1. The van der Waals surface area contributed by atoms with Crippen LogP contribution < -0.4 is 10.6 Å². The normalized spacial score (nSPS) is 16.9. The number of hydrogen-bond acceptors (Lipinski definition) is 5. The monoisotopic (exact) mass is 459 g/mol. The molecule has 8 nitrogen and oxygen atoms in total. The lowest BCUT2D eigenvalue weighted by Crippen LogP contribution is -2.51. The summed E-state index contributed by atoms with van der Waals surface area (Å²) in [6.45, 7) is 7.72. The maximum Gasteiger partial charge on any atom is 0.317 e. The van der Waals surface area contributed by atoms with Crippen molar-refractivity contribution in [3.05, 3.63) is 35.5 Å². The molecule has 0 spiro atoms. The van der Waals surface area contributed by atoms with Crippen LogP contribution in [0.2, 0.25) is 5.02 Å². The van der Waals surface area contributed by atoms with Gasteiger partial charge in [-0.2, -0.15) is 0 Å². The second-order valence-electron chi connectivity index (χ2n) is 9.16. The second-order valence-corrected chi connectivity index (χ2v) is 9.59. The SMILES string of the molecule is CC(C)(C)NC(=O)N1CCC[C@@H](CNc2nc(-c3c[nH]c4ncc(Cl)cc34)ncc2F)C1. The molecule has 1 saturated heterocycles. The second kappa shape index (κ2) is 8.90. The molecule has 1 aliphatic heterocycles. The van der Waals surface area contributed by atoms with Crippen molar-refractivity contribution in [3.8, 4) is 11.4 Å². The smallest absolute Gasteiger partial charge is 0.317 e. The molecule has 2 amide bonds. The number of H-pyrrole nitrogens is 1. The summed E-state index contributed by atoms with van der Waals surface area (Å²) in [6, 6.07) is 1.71. The highest BCUT2D eigenvalue weighted by Gasteiger charge is 2.26. The lowest BCUT2D eigenvalue weighted by Gasteiger charge is -2.35. The van der Waals surface area contributed by atoms with E-state index >= 15 is 0 Å². The lowest BCUT2D eigenvalue weighted by molar-refractivity contribution is 0.161. The van der Waals surface area contributed by atoms with Crippen LogP contribution in [0.5, 0.6) is 0 Å². The molecule has 1 aliphatic rings. The number of halogens is 2. The molecule has 0 bridgehead atoms. The summed E-state index contributed by atoms with van der Waals surface area (Å²) in [5.41, 5.74) is 1.06. The third-order valence-corrected chi connectivity index (χ3v) is 5.54. The fourth-order valence-electron chi connectivity index (χ4n) is 3.84. The molecular weight excluding hydrogens is 433 g/mol. The molecule has 32 heavy (non-hydrogen) atoms. The van der Waals surface area contributed by atoms with E-state index in [0.717, 1.165) is 31.0 Å². The van der Waals surface area contributed by atoms with Gasteiger partial charge in [0, 0.05) is 48.5 Å². The largest absolute Gasteiger partial charge is 0.367 e. The first kappa shape index (κ1) is 22.3. The van der Waals surface area contributed by atoms with Crippen LogP contribution in [0.1, 0.15) is 33.6 Å². The maximum absolute atomic E-state index is 14.4. The van der Waals surface area contributed by atoms with Gasteiger partial charge in [0.2, 0.25) is 0 Å². The molecule has 0 saturated carbocycles.